The van der Waals surface area contributed by atoms with Gasteiger partial charge in [-0.25, -0.2) is 13.6 Å². The molecule has 1 aliphatic rings. The number of urea groups is 1. The van der Waals surface area contributed by atoms with Crippen molar-refractivity contribution in [2.24, 2.45) is 0 Å². The molecule has 2 N–H and O–H groups in total. The largest absolute Gasteiger partial charge is 0.493 e. The molecule has 0 radical (unpaired) electrons. The normalized spacial score (nSPS) is 16.7. The molecule has 23 heavy (non-hydrogen) atoms. The predicted octanol–water partition coefficient (Wildman–Crippen LogP) is 3.40. The third-order valence-corrected chi connectivity index (χ3v) is 3.57. The number of nitrogens with one attached hydrogen (secondary N) is 2. The van der Waals surface area contributed by atoms with Crippen LogP contribution in [-0.2, 0) is 0 Å². The smallest absolute Gasteiger partial charge is 0.319 e. The minimum absolute atomic E-state index is 0.0432. The van der Waals surface area contributed by atoms with E-state index in [0.29, 0.717) is 30.8 Å². The first-order chi connectivity index (χ1) is 11.1. The van der Waals surface area contributed by atoms with Gasteiger partial charge in [0.2, 0.25) is 0 Å². The zero-order valence-corrected chi connectivity index (χ0v) is 12.2. The summed E-state index contributed by atoms with van der Waals surface area (Å²) in [5.74, 6) is -0.593. The van der Waals surface area contributed by atoms with E-state index in [1.165, 1.54) is 24.4 Å². The second-order valence-corrected chi connectivity index (χ2v) is 5.18. The van der Waals surface area contributed by atoms with Gasteiger partial charge in [-0.05, 0) is 25.0 Å². The highest BCUT2D eigenvalue weighted by Gasteiger charge is 2.22. The number of halogens is 2. The Morgan fingerprint density at radius 1 is 1.30 bits per heavy atom. The minimum atomic E-state index is -0.616. The number of rotatable bonds is 2. The summed E-state index contributed by atoms with van der Waals surface area (Å²) in [6.45, 7) is 0.454. The van der Waals surface area contributed by atoms with Crippen molar-refractivity contribution in [1.29, 1.82) is 0 Å². The molecule has 120 valence electrons. The molecule has 2 amide bonds. The van der Waals surface area contributed by atoms with Crippen molar-refractivity contribution < 1.29 is 18.3 Å². The van der Waals surface area contributed by atoms with E-state index in [1.807, 2.05) is 0 Å². The SMILES string of the molecule is O=C(Nc1ccncc1F)N[C@@H]1CCCOc2cc(F)ccc21. The van der Waals surface area contributed by atoms with Crippen LogP contribution < -0.4 is 15.4 Å². The van der Waals surface area contributed by atoms with Gasteiger partial charge in [-0.3, -0.25) is 4.98 Å². The standard InChI is InChI=1S/C16H15F2N3O2/c17-10-3-4-11-13(2-1-7-23-15(11)8-10)20-16(22)21-14-5-6-19-9-12(14)18/h3-6,8-9,13H,1-2,7H2,(H2,19,20,21,22)/t13-/m1/s1. The number of hydrogen-bond acceptors (Lipinski definition) is 3. The summed E-state index contributed by atoms with van der Waals surface area (Å²) in [5, 5.41) is 5.21. The Kier molecular flexibility index (Phi) is 4.36. The van der Waals surface area contributed by atoms with Crippen LogP contribution in [0.5, 0.6) is 5.75 Å². The summed E-state index contributed by atoms with van der Waals surface area (Å²) < 4.78 is 32.3. The number of carbonyl (C=O) groups is 1. The Morgan fingerprint density at radius 3 is 3.00 bits per heavy atom. The molecule has 0 saturated heterocycles. The van der Waals surface area contributed by atoms with Crippen molar-refractivity contribution >= 4 is 11.7 Å². The van der Waals surface area contributed by atoms with Gasteiger partial charge in [-0.2, -0.15) is 0 Å². The Balaban J connectivity index is 1.75. The van der Waals surface area contributed by atoms with Crippen LogP contribution in [-0.4, -0.2) is 17.6 Å². The highest BCUT2D eigenvalue weighted by atomic mass is 19.1. The lowest BCUT2D eigenvalue weighted by molar-refractivity contribution is 0.247. The fourth-order valence-electron chi connectivity index (χ4n) is 2.49. The van der Waals surface area contributed by atoms with Gasteiger partial charge in [0.15, 0.2) is 5.82 Å². The molecular formula is C16H15F2N3O2. The molecule has 1 aliphatic heterocycles. The molecule has 0 saturated carbocycles. The topological polar surface area (TPSA) is 63.2 Å². The first-order valence-corrected chi connectivity index (χ1v) is 7.23. The van der Waals surface area contributed by atoms with E-state index in [-0.39, 0.29) is 11.7 Å². The van der Waals surface area contributed by atoms with Gasteiger partial charge in [-0.15, -0.1) is 0 Å². The molecule has 0 bridgehead atoms. The van der Waals surface area contributed by atoms with Crippen LogP contribution in [0.25, 0.3) is 0 Å². The zero-order chi connectivity index (χ0) is 16.2. The van der Waals surface area contributed by atoms with Crippen LogP contribution in [0.1, 0.15) is 24.4 Å². The molecule has 0 spiro atoms. The number of benzene rings is 1. The van der Waals surface area contributed by atoms with Crippen molar-refractivity contribution in [2.75, 3.05) is 11.9 Å². The Hall–Kier alpha value is -2.70. The van der Waals surface area contributed by atoms with Crippen LogP contribution >= 0.6 is 0 Å². The van der Waals surface area contributed by atoms with Gasteiger partial charge in [0, 0.05) is 17.8 Å². The molecule has 1 atom stereocenters. The molecule has 3 rings (SSSR count). The fraction of sp³-hybridized carbons (Fsp3) is 0.250. The number of anilines is 1. The highest BCUT2D eigenvalue weighted by molar-refractivity contribution is 5.89. The van der Waals surface area contributed by atoms with Crippen molar-refractivity contribution in [3.8, 4) is 5.75 Å². The van der Waals surface area contributed by atoms with E-state index in [4.69, 9.17) is 4.74 Å². The molecule has 7 heteroatoms. The molecule has 1 aromatic heterocycles. The first-order valence-electron chi connectivity index (χ1n) is 7.23. The van der Waals surface area contributed by atoms with Gasteiger partial charge >= 0.3 is 6.03 Å². The summed E-state index contributed by atoms with van der Waals surface area (Å²) in [6.07, 6.45) is 3.76. The predicted molar refractivity (Wildman–Crippen MR) is 80.2 cm³/mol. The molecule has 2 heterocycles. The number of aromatic nitrogens is 1. The maximum Gasteiger partial charge on any atom is 0.319 e. The number of hydrogen-bond donors (Lipinski definition) is 2. The third kappa shape index (κ3) is 3.56. The Morgan fingerprint density at radius 2 is 2.17 bits per heavy atom. The molecule has 0 unspecified atom stereocenters. The molecular weight excluding hydrogens is 304 g/mol. The second kappa shape index (κ2) is 6.60. The molecule has 5 nitrogen and oxygen atoms in total. The molecule has 0 fully saturated rings. The van der Waals surface area contributed by atoms with E-state index in [2.05, 4.69) is 15.6 Å². The van der Waals surface area contributed by atoms with E-state index in [0.717, 1.165) is 6.20 Å². The average Bonchev–Trinajstić information content (AvgIpc) is 2.71. The van der Waals surface area contributed by atoms with Gasteiger partial charge in [-0.1, -0.05) is 6.07 Å². The lowest BCUT2D eigenvalue weighted by Gasteiger charge is -2.19. The number of carbonyl (C=O) groups excluding carboxylic acids is 1. The van der Waals surface area contributed by atoms with Crippen LogP contribution in [0.2, 0.25) is 0 Å². The van der Waals surface area contributed by atoms with E-state index >= 15 is 0 Å². The average molecular weight is 319 g/mol. The second-order valence-electron chi connectivity index (χ2n) is 5.18. The van der Waals surface area contributed by atoms with Crippen LogP contribution in [0, 0.1) is 11.6 Å². The van der Waals surface area contributed by atoms with Crippen molar-refractivity contribution in [3.05, 3.63) is 53.9 Å². The van der Waals surface area contributed by atoms with Gasteiger partial charge in [0.05, 0.1) is 24.5 Å². The number of pyridine rings is 1. The number of amides is 2. The van der Waals surface area contributed by atoms with Crippen LogP contribution in [0.3, 0.4) is 0 Å². The minimum Gasteiger partial charge on any atom is -0.493 e. The summed E-state index contributed by atoms with van der Waals surface area (Å²) in [4.78, 5) is 15.7. The van der Waals surface area contributed by atoms with Gasteiger partial charge in [0.1, 0.15) is 11.6 Å². The summed E-state index contributed by atoms with van der Waals surface area (Å²) in [7, 11) is 0. The van der Waals surface area contributed by atoms with Crippen molar-refractivity contribution in [2.45, 2.75) is 18.9 Å². The van der Waals surface area contributed by atoms with E-state index < -0.39 is 17.7 Å². The summed E-state index contributed by atoms with van der Waals surface area (Å²) >= 11 is 0. The fourth-order valence-corrected chi connectivity index (χ4v) is 2.49. The van der Waals surface area contributed by atoms with Crippen LogP contribution in [0.4, 0.5) is 19.3 Å². The quantitative estimate of drug-likeness (QED) is 0.892. The third-order valence-electron chi connectivity index (χ3n) is 3.57. The molecule has 1 aromatic carbocycles. The highest BCUT2D eigenvalue weighted by Crippen LogP contribution is 2.32. The maximum absolute atomic E-state index is 13.5. The lowest BCUT2D eigenvalue weighted by Crippen LogP contribution is -2.32. The number of fused-ring (bicyclic) bond motifs is 1. The molecule has 0 aliphatic carbocycles. The van der Waals surface area contributed by atoms with Gasteiger partial charge in [0.25, 0.3) is 0 Å². The van der Waals surface area contributed by atoms with E-state index in [1.54, 1.807) is 6.07 Å². The van der Waals surface area contributed by atoms with Crippen molar-refractivity contribution in [1.82, 2.24) is 10.3 Å². The number of nitrogens with zero attached hydrogens (tertiary/aromatic N) is 1. The van der Waals surface area contributed by atoms with Gasteiger partial charge < -0.3 is 15.4 Å². The summed E-state index contributed by atoms with van der Waals surface area (Å²) in [6, 6.07) is 4.70. The Bertz CT molecular complexity index is 724. The van der Waals surface area contributed by atoms with Crippen molar-refractivity contribution in [3.63, 3.8) is 0 Å². The molecule has 2 aromatic rings. The monoisotopic (exact) mass is 319 g/mol. The maximum atomic E-state index is 13.5. The number of ether oxygens (including phenoxy) is 1. The first kappa shape index (κ1) is 15.2. The van der Waals surface area contributed by atoms with E-state index in [9.17, 15) is 13.6 Å². The Labute approximate surface area is 131 Å². The summed E-state index contributed by atoms with van der Waals surface area (Å²) in [5.41, 5.74) is 0.746. The lowest BCUT2D eigenvalue weighted by atomic mass is 10.0. The van der Waals surface area contributed by atoms with Crippen LogP contribution in [0.15, 0.2) is 36.7 Å². The zero-order valence-electron chi connectivity index (χ0n) is 12.2.